The van der Waals surface area contributed by atoms with Crippen molar-refractivity contribution in [2.75, 3.05) is 20.1 Å². The summed E-state index contributed by atoms with van der Waals surface area (Å²) in [5.74, 6) is -0.0475. The van der Waals surface area contributed by atoms with E-state index in [1.54, 1.807) is 0 Å². The molecule has 0 aliphatic carbocycles. The van der Waals surface area contributed by atoms with Gasteiger partial charge in [0.05, 0.1) is 5.92 Å². The van der Waals surface area contributed by atoms with Crippen LogP contribution in [0.3, 0.4) is 0 Å². The molecule has 1 aromatic heterocycles. The lowest BCUT2D eigenvalue weighted by atomic mass is 9.89. The van der Waals surface area contributed by atoms with Gasteiger partial charge in [0.25, 0.3) is 0 Å². The number of aromatic nitrogens is 1. The maximum absolute atomic E-state index is 11.1. The molecule has 1 aliphatic rings. The molecule has 0 saturated carbocycles. The third-order valence-corrected chi connectivity index (χ3v) is 4.41. The number of aromatic amines is 1. The largest absolute Gasteiger partial charge is 0.361 e. The SMILES string of the molecule is CN1CCCC1C(C[N+](=O)[O-])c1c[nH]c2ccccc12. The Kier molecular flexibility index (Phi) is 3.44. The number of nitrogens with zero attached hydrogens (tertiary/aromatic N) is 2. The van der Waals surface area contributed by atoms with E-state index < -0.39 is 0 Å². The number of hydrogen-bond donors (Lipinski definition) is 1. The van der Waals surface area contributed by atoms with Crippen LogP contribution in [0.4, 0.5) is 0 Å². The number of para-hydroxylation sites is 1. The number of H-pyrrole nitrogens is 1. The Labute approximate surface area is 117 Å². The molecule has 0 bridgehead atoms. The minimum Gasteiger partial charge on any atom is -0.361 e. The van der Waals surface area contributed by atoms with Crippen LogP contribution < -0.4 is 0 Å². The lowest BCUT2D eigenvalue weighted by molar-refractivity contribution is -0.484. The molecule has 1 aliphatic heterocycles. The van der Waals surface area contributed by atoms with E-state index in [1.165, 1.54) is 0 Å². The van der Waals surface area contributed by atoms with Gasteiger partial charge in [-0.05, 0) is 38.1 Å². The summed E-state index contributed by atoms with van der Waals surface area (Å²) in [6.07, 6.45) is 4.11. The molecule has 1 aromatic carbocycles. The van der Waals surface area contributed by atoms with Crippen LogP contribution in [0.15, 0.2) is 30.5 Å². The molecule has 2 aromatic rings. The van der Waals surface area contributed by atoms with Gasteiger partial charge in [0.2, 0.25) is 6.54 Å². The van der Waals surface area contributed by atoms with E-state index in [-0.39, 0.29) is 23.4 Å². The molecule has 2 unspecified atom stereocenters. The minimum absolute atomic E-state index is 0.00312. The Morgan fingerprint density at radius 1 is 1.50 bits per heavy atom. The maximum atomic E-state index is 11.1. The van der Waals surface area contributed by atoms with E-state index in [0.717, 1.165) is 35.9 Å². The number of likely N-dealkylation sites (tertiary alicyclic amines) is 1. The van der Waals surface area contributed by atoms with Gasteiger partial charge in [-0.2, -0.15) is 0 Å². The molecule has 106 valence electrons. The van der Waals surface area contributed by atoms with E-state index in [1.807, 2.05) is 30.5 Å². The second-order valence-corrected chi connectivity index (χ2v) is 5.60. The predicted octanol–water partition coefficient (Wildman–Crippen LogP) is 2.62. The van der Waals surface area contributed by atoms with Crippen molar-refractivity contribution in [1.29, 1.82) is 0 Å². The highest BCUT2D eigenvalue weighted by atomic mass is 16.6. The molecule has 5 heteroatoms. The Balaban J connectivity index is 2.02. The monoisotopic (exact) mass is 273 g/mol. The van der Waals surface area contributed by atoms with Crippen molar-refractivity contribution in [3.63, 3.8) is 0 Å². The van der Waals surface area contributed by atoms with Crippen LogP contribution in [0.5, 0.6) is 0 Å². The average molecular weight is 273 g/mol. The van der Waals surface area contributed by atoms with Crippen LogP contribution in [-0.4, -0.2) is 41.0 Å². The topological polar surface area (TPSA) is 62.2 Å². The van der Waals surface area contributed by atoms with Crippen LogP contribution in [0.1, 0.15) is 24.3 Å². The molecule has 5 nitrogen and oxygen atoms in total. The van der Waals surface area contributed by atoms with Gasteiger partial charge in [-0.1, -0.05) is 18.2 Å². The third-order valence-electron chi connectivity index (χ3n) is 4.41. The first-order valence-corrected chi connectivity index (χ1v) is 7.05. The summed E-state index contributed by atoms with van der Waals surface area (Å²) in [5.41, 5.74) is 2.13. The molecule has 2 atom stereocenters. The average Bonchev–Trinajstić information content (AvgIpc) is 3.02. The van der Waals surface area contributed by atoms with Crippen LogP contribution in [0, 0.1) is 10.1 Å². The first-order chi connectivity index (χ1) is 9.66. The van der Waals surface area contributed by atoms with Crippen LogP contribution in [0.25, 0.3) is 10.9 Å². The summed E-state index contributed by atoms with van der Waals surface area (Å²) in [4.78, 5) is 16.4. The lowest BCUT2D eigenvalue weighted by Gasteiger charge is -2.26. The molecular formula is C15H19N3O2. The van der Waals surface area contributed by atoms with E-state index in [2.05, 4.69) is 16.9 Å². The highest BCUT2D eigenvalue weighted by Gasteiger charge is 2.34. The number of rotatable bonds is 4. The Morgan fingerprint density at radius 2 is 2.30 bits per heavy atom. The highest BCUT2D eigenvalue weighted by Crippen LogP contribution is 2.34. The fourth-order valence-corrected chi connectivity index (χ4v) is 3.43. The van der Waals surface area contributed by atoms with Crippen molar-refractivity contribution >= 4 is 10.9 Å². The van der Waals surface area contributed by atoms with Crippen molar-refractivity contribution in [2.45, 2.75) is 24.8 Å². The molecule has 3 rings (SSSR count). The fourth-order valence-electron chi connectivity index (χ4n) is 3.43. The van der Waals surface area contributed by atoms with Crippen molar-refractivity contribution in [2.24, 2.45) is 0 Å². The van der Waals surface area contributed by atoms with Gasteiger partial charge >= 0.3 is 0 Å². The van der Waals surface area contributed by atoms with Crippen LogP contribution >= 0.6 is 0 Å². The van der Waals surface area contributed by atoms with Gasteiger partial charge in [0, 0.05) is 28.1 Å². The number of benzene rings is 1. The normalized spacial score (nSPS) is 21.4. The van der Waals surface area contributed by atoms with Crippen molar-refractivity contribution < 1.29 is 4.92 Å². The Hall–Kier alpha value is -1.88. The van der Waals surface area contributed by atoms with Crippen molar-refractivity contribution in [3.8, 4) is 0 Å². The highest BCUT2D eigenvalue weighted by molar-refractivity contribution is 5.83. The van der Waals surface area contributed by atoms with Gasteiger partial charge in [0.15, 0.2) is 0 Å². The zero-order valence-corrected chi connectivity index (χ0v) is 11.6. The minimum atomic E-state index is -0.182. The first kappa shape index (κ1) is 13.1. The first-order valence-electron chi connectivity index (χ1n) is 7.05. The summed E-state index contributed by atoms with van der Waals surface area (Å²) in [7, 11) is 2.07. The maximum Gasteiger partial charge on any atom is 0.212 e. The van der Waals surface area contributed by atoms with Crippen LogP contribution in [-0.2, 0) is 0 Å². The zero-order chi connectivity index (χ0) is 14.1. The second-order valence-electron chi connectivity index (χ2n) is 5.60. The zero-order valence-electron chi connectivity index (χ0n) is 11.6. The summed E-state index contributed by atoms with van der Waals surface area (Å²) in [6, 6.07) is 8.29. The third kappa shape index (κ3) is 2.29. The summed E-state index contributed by atoms with van der Waals surface area (Å²) >= 11 is 0. The Morgan fingerprint density at radius 3 is 3.00 bits per heavy atom. The van der Waals surface area contributed by atoms with E-state index in [9.17, 15) is 10.1 Å². The number of nitrogens with one attached hydrogen (secondary N) is 1. The van der Waals surface area contributed by atoms with Gasteiger partial charge in [-0.25, -0.2) is 0 Å². The lowest BCUT2D eigenvalue weighted by Crippen LogP contribution is -2.34. The standard InChI is InChI=1S/C15H19N3O2/c1-17-8-4-7-15(17)13(10-18(19)20)12-9-16-14-6-3-2-5-11(12)14/h2-3,5-6,9,13,15-16H,4,7-8,10H2,1H3. The molecule has 20 heavy (non-hydrogen) atoms. The predicted molar refractivity (Wildman–Crippen MR) is 78.6 cm³/mol. The molecular weight excluding hydrogens is 254 g/mol. The number of likely N-dealkylation sites (N-methyl/N-ethyl adjacent to an activating group) is 1. The van der Waals surface area contributed by atoms with Crippen LogP contribution in [0.2, 0.25) is 0 Å². The summed E-state index contributed by atoms with van der Waals surface area (Å²) in [5, 5.41) is 12.2. The fraction of sp³-hybridized carbons (Fsp3) is 0.467. The summed E-state index contributed by atoms with van der Waals surface area (Å²) in [6.45, 7) is 1.03. The molecule has 1 fully saturated rings. The van der Waals surface area contributed by atoms with Crippen molar-refractivity contribution in [3.05, 3.63) is 46.1 Å². The summed E-state index contributed by atoms with van der Waals surface area (Å²) < 4.78 is 0. The second kappa shape index (κ2) is 5.25. The molecule has 1 N–H and O–H groups in total. The molecule has 0 amide bonds. The smallest absolute Gasteiger partial charge is 0.212 e. The van der Waals surface area contributed by atoms with E-state index in [0.29, 0.717) is 0 Å². The molecule has 2 heterocycles. The van der Waals surface area contributed by atoms with Gasteiger partial charge in [-0.3, -0.25) is 10.1 Å². The quantitative estimate of drug-likeness (QED) is 0.688. The number of nitro groups is 1. The van der Waals surface area contributed by atoms with E-state index >= 15 is 0 Å². The molecule has 1 saturated heterocycles. The van der Waals surface area contributed by atoms with Gasteiger partial charge in [0.1, 0.15) is 0 Å². The van der Waals surface area contributed by atoms with Gasteiger partial charge in [-0.15, -0.1) is 0 Å². The Bertz CT molecular complexity index is 622. The molecule has 0 spiro atoms. The van der Waals surface area contributed by atoms with Crippen molar-refractivity contribution in [1.82, 2.24) is 9.88 Å². The van der Waals surface area contributed by atoms with Gasteiger partial charge < -0.3 is 9.88 Å². The molecule has 0 radical (unpaired) electrons. The van der Waals surface area contributed by atoms with E-state index in [4.69, 9.17) is 0 Å². The number of fused-ring (bicyclic) bond motifs is 1. The number of hydrogen-bond acceptors (Lipinski definition) is 3.